The predicted molar refractivity (Wildman–Crippen MR) is 82.5 cm³/mol. The molecule has 0 radical (unpaired) electrons. The molecule has 1 atom stereocenters. The number of carboxylic acids is 1. The number of aliphatic hydroxyl groups is 1. The molecule has 0 spiro atoms. The Balaban J connectivity index is 2.25. The molecule has 3 rings (SSSR count). The summed E-state index contributed by atoms with van der Waals surface area (Å²) in [5.74, 6) is -2.33. The Morgan fingerprint density at radius 3 is 2.71 bits per heavy atom. The summed E-state index contributed by atoms with van der Waals surface area (Å²) in [5, 5.41) is 19.2. The van der Waals surface area contributed by atoms with Gasteiger partial charge in [0.2, 0.25) is 0 Å². The number of benzene rings is 1. The van der Waals surface area contributed by atoms with Crippen molar-refractivity contribution in [2.24, 2.45) is 0 Å². The van der Waals surface area contributed by atoms with Crippen LogP contribution < -0.4 is 0 Å². The van der Waals surface area contributed by atoms with Crippen LogP contribution in [0, 0.1) is 5.82 Å². The lowest BCUT2D eigenvalue weighted by atomic mass is 10.0. The van der Waals surface area contributed by atoms with Gasteiger partial charge in [-0.15, -0.1) is 0 Å². The SMILES string of the molecule is COC(=O)c1cc(-c2cc(F)ccc2C(=O)O)n2c1CC(O)CC2. The van der Waals surface area contributed by atoms with Gasteiger partial charge < -0.3 is 19.5 Å². The van der Waals surface area contributed by atoms with Crippen LogP contribution in [0.1, 0.15) is 32.8 Å². The average Bonchev–Trinajstić information content (AvgIpc) is 2.92. The number of aliphatic hydroxyl groups excluding tert-OH is 1. The van der Waals surface area contributed by atoms with Crippen LogP contribution in [0.4, 0.5) is 4.39 Å². The molecular weight excluding hydrogens is 317 g/mol. The molecule has 2 heterocycles. The number of hydrogen-bond acceptors (Lipinski definition) is 4. The highest BCUT2D eigenvalue weighted by molar-refractivity contribution is 5.98. The van der Waals surface area contributed by atoms with E-state index in [4.69, 9.17) is 4.74 Å². The normalized spacial score (nSPS) is 16.5. The third kappa shape index (κ3) is 2.67. The second-order valence-electron chi connectivity index (χ2n) is 5.67. The number of aromatic nitrogens is 1. The molecule has 0 bridgehead atoms. The molecule has 2 N–H and O–H groups in total. The lowest BCUT2D eigenvalue weighted by Gasteiger charge is -2.23. The maximum absolute atomic E-state index is 13.7. The minimum absolute atomic E-state index is 0.0563. The summed E-state index contributed by atoms with van der Waals surface area (Å²) in [4.78, 5) is 23.5. The van der Waals surface area contributed by atoms with Crippen molar-refractivity contribution in [2.45, 2.75) is 25.5 Å². The van der Waals surface area contributed by atoms with Gasteiger partial charge in [0, 0.05) is 24.2 Å². The van der Waals surface area contributed by atoms with Crippen LogP contribution in [0.15, 0.2) is 24.3 Å². The van der Waals surface area contributed by atoms with Crippen molar-refractivity contribution in [3.8, 4) is 11.3 Å². The number of hydrogen-bond donors (Lipinski definition) is 2. The Bertz CT molecular complexity index is 827. The topological polar surface area (TPSA) is 88.8 Å². The van der Waals surface area contributed by atoms with Crippen LogP contribution in [0.25, 0.3) is 11.3 Å². The van der Waals surface area contributed by atoms with Crippen molar-refractivity contribution >= 4 is 11.9 Å². The Morgan fingerprint density at radius 2 is 2.04 bits per heavy atom. The monoisotopic (exact) mass is 333 g/mol. The summed E-state index contributed by atoms with van der Waals surface area (Å²) in [7, 11) is 1.25. The first-order valence-corrected chi connectivity index (χ1v) is 7.44. The van der Waals surface area contributed by atoms with Gasteiger partial charge in [-0.25, -0.2) is 14.0 Å². The van der Waals surface area contributed by atoms with Gasteiger partial charge in [0.05, 0.1) is 30.0 Å². The predicted octanol–water partition coefficient (Wildman–Crippen LogP) is 2.09. The Hall–Kier alpha value is -2.67. The Morgan fingerprint density at radius 1 is 1.29 bits per heavy atom. The number of aromatic carboxylic acids is 1. The van der Waals surface area contributed by atoms with Crippen LogP contribution in [-0.4, -0.2) is 39.9 Å². The van der Waals surface area contributed by atoms with E-state index in [0.717, 1.165) is 12.1 Å². The van der Waals surface area contributed by atoms with Crippen molar-refractivity contribution in [3.63, 3.8) is 0 Å². The van der Waals surface area contributed by atoms with Crippen molar-refractivity contribution in [1.82, 2.24) is 4.57 Å². The number of halogens is 1. The highest BCUT2D eigenvalue weighted by Crippen LogP contribution is 2.33. The minimum atomic E-state index is -1.18. The number of carbonyl (C=O) groups excluding carboxylic acids is 1. The van der Waals surface area contributed by atoms with Gasteiger partial charge in [-0.2, -0.15) is 0 Å². The fourth-order valence-electron chi connectivity index (χ4n) is 3.09. The van der Waals surface area contributed by atoms with Crippen molar-refractivity contribution in [2.75, 3.05) is 7.11 Å². The molecule has 0 saturated heterocycles. The smallest absolute Gasteiger partial charge is 0.339 e. The fourth-order valence-corrected chi connectivity index (χ4v) is 3.09. The standard InChI is InChI=1S/C17H16FNO5/c1-24-17(23)13-8-15(19-5-4-10(20)7-14(13)19)12-6-9(18)2-3-11(12)16(21)22/h2-3,6,8,10,20H,4-5,7H2,1H3,(H,21,22). The number of esters is 1. The second kappa shape index (κ2) is 6.09. The molecule has 0 aliphatic carbocycles. The number of fused-ring (bicyclic) bond motifs is 1. The number of nitrogens with zero attached hydrogens (tertiary/aromatic N) is 1. The van der Waals surface area contributed by atoms with E-state index >= 15 is 0 Å². The van der Waals surface area contributed by atoms with Gasteiger partial charge in [0.1, 0.15) is 5.82 Å². The van der Waals surface area contributed by atoms with Crippen LogP contribution in [0.2, 0.25) is 0 Å². The number of carboxylic acid groups (broad SMARTS) is 1. The van der Waals surface area contributed by atoms with E-state index in [0.29, 0.717) is 24.4 Å². The van der Waals surface area contributed by atoms with E-state index in [9.17, 15) is 24.2 Å². The molecule has 1 unspecified atom stereocenters. The highest BCUT2D eigenvalue weighted by Gasteiger charge is 2.28. The first-order chi connectivity index (χ1) is 11.4. The zero-order valence-electron chi connectivity index (χ0n) is 13.0. The Kier molecular flexibility index (Phi) is 4.11. The first kappa shape index (κ1) is 16.2. The van der Waals surface area contributed by atoms with Gasteiger partial charge in [-0.3, -0.25) is 0 Å². The van der Waals surface area contributed by atoms with Crippen LogP contribution in [0.3, 0.4) is 0 Å². The summed E-state index contributed by atoms with van der Waals surface area (Å²) in [5.41, 5.74) is 1.38. The molecule has 7 heteroatoms. The molecule has 1 aromatic carbocycles. The summed E-state index contributed by atoms with van der Waals surface area (Å²) in [6, 6.07) is 4.92. The van der Waals surface area contributed by atoms with Crippen molar-refractivity contribution in [3.05, 3.63) is 46.9 Å². The van der Waals surface area contributed by atoms with E-state index < -0.39 is 23.9 Å². The molecule has 0 fully saturated rings. The second-order valence-corrected chi connectivity index (χ2v) is 5.67. The van der Waals surface area contributed by atoms with Gasteiger partial charge in [-0.05, 0) is 30.7 Å². The summed E-state index contributed by atoms with van der Waals surface area (Å²) in [6.45, 7) is 0.401. The van der Waals surface area contributed by atoms with Gasteiger partial charge in [-0.1, -0.05) is 0 Å². The van der Waals surface area contributed by atoms with Crippen LogP contribution in [0.5, 0.6) is 0 Å². The zero-order valence-corrected chi connectivity index (χ0v) is 13.0. The third-order valence-electron chi connectivity index (χ3n) is 4.22. The van der Waals surface area contributed by atoms with Crippen molar-refractivity contribution in [1.29, 1.82) is 0 Å². The summed E-state index contributed by atoms with van der Waals surface area (Å²) in [6.07, 6.45) is 0.130. The van der Waals surface area contributed by atoms with Crippen LogP contribution in [-0.2, 0) is 17.7 Å². The molecule has 2 aromatic rings. The molecule has 1 aromatic heterocycles. The number of carbonyl (C=O) groups is 2. The largest absolute Gasteiger partial charge is 0.478 e. The summed E-state index contributed by atoms with van der Waals surface area (Å²) >= 11 is 0. The number of ether oxygens (including phenoxy) is 1. The third-order valence-corrected chi connectivity index (χ3v) is 4.22. The number of rotatable bonds is 3. The van der Waals surface area contributed by atoms with E-state index in [-0.39, 0.29) is 23.1 Å². The first-order valence-electron chi connectivity index (χ1n) is 7.44. The van der Waals surface area contributed by atoms with E-state index in [1.807, 2.05) is 0 Å². The Labute approximate surface area is 137 Å². The maximum atomic E-state index is 13.7. The molecule has 0 amide bonds. The fraction of sp³-hybridized carbons (Fsp3) is 0.294. The van der Waals surface area contributed by atoms with Gasteiger partial charge in [0.25, 0.3) is 0 Å². The molecule has 126 valence electrons. The molecule has 6 nitrogen and oxygen atoms in total. The summed E-state index contributed by atoms with van der Waals surface area (Å²) < 4.78 is 20.2. The molecule has 1 aliphatic rings. The molecular formula is C17H16FNO5. The molecule has 24 heavy (non-hydrogen) atoms. The van der Waals surface area contributed by atoms with E-state index in [1.165, 1.54) is 19.2 Å². The number of methoxy groups -OCH3 is 1. The van der Waals surface area contributed by atoms with Crippen molar-refractivity contribution < 1.29 is 28.9 Å². The maximum Gasteiger partial charge on any atom is 0.339 e. The van der Waals surface area contributed by atoms with E-state index in [2.05, 4.69) is 0 Å². The average molecular weight is 333 g/mol. The van der Waals surface area contributed by atoms with Crippen LogP contribution >= 0.6 is 0 Å². The minimum Gasteiger partial charge on any atom is -0.478 e. The zero-order chi connectivity index (χ0) is 17.4. The van der Waals surface area contributed by atoms with E-state index in [1.54, 1.807) is 4.57 Å². The van der Waals surface area contributed by atoms with Gasteiger partial charge in [0.15, 0.2) is 0 Å². The molecule has 0 saturated carbocycles. The quantitative estimate of drug-likeness (QED) is 0.840. The lowest BCUT2D eigenvalue weighted by molar-refractivity contribution is 0.0596. The highest BCUT2D eigenvalue weighted by atomic mass is 19.1. The van der Waals surface area contributed by atoms with Gasteiger partial charge >= 0.3 is 11.9 Å². The lowest BCUT2D eigenvalue weighted by Crippen LogP contribution is -2.25. The molecule has 1 aliphatic heterocycles.